The summed E-state index contributed by atoms with van der Waals surface area (Å²) in [4.78, 5) is 25.8. The largest absolute Gasteiger partial charge is 0.388 e. The summed E-state index contributed by atoms with van der Waals surface area (Å²) in [6.45, 7) is 7.57. The Morgan fingerprint density at radius 3 is 1.26 bits per heavy atom. The van der Waals surface area contributed by atoms with Gasteiger partial charge in [-0.05, 0) is 49.7 Å². The number of nitrogens with one attached hydrogen (secondary N) is 2. The zero-order chi connectivity index (χ0) is 25.9. The number of carbonyl (C=O) groups excluding carboxylic acids is 2. The normalized spacial score (nSPS) is 13.7. The lowest BCUT2D eigenvalue weighted by molar-refractivity contribution is -0.133. The van der Waals surface area contributed by atoms with Crippen LogP contribution in [-0.2, 0) is 22.4 Å². The summed E-state index contributed by atoms with van der Waals surface area (Å²) < 4.78 is 0. The fourth-order valence-corrected chi connectivity index (χ4v) is 4.57. The molecule has 0 saturated heterocycles. The summed E-state index contributed by atoms with van der Waals surface area (Å²) in [5.74, 6) is -0.891. The van der Waals surface area contributed by atoms with Gasteiger partial charge in [0.1, 0.15) is 6.42 Å². The predicted octanol–water partition coefficient (Wildman–Crippen LogP) is 3.93. The smallest absolute Gasteiger partial charge is 0.229 e. The zero-order valence-corrected chi connectivity index (χ0v) is 21.6. The van der Waals surface area contributed by atoms with Gasteiger partial charge in [0.2, 0.25) is 11.8 Å². The number of aliphatic hydroxyl groups is 2. The molecule has 2 amide bonds. The number of rotatable bonds is 14. The van der Waals surface area contributed by atoms with E-state index < -0.39 is 35.1 Å². The molecule has 0 saturated carbocycles. The van der Waals surface area contributed by atoms with Gasteiger partial charge in [0.25, 0.3) is 0 Å². The van der Waals surface area contributed by atoms with Crippen LogP contribution in [0.5, 0.6) is 0 Å². The quantitative estimate of drug-likeness (QED) is 0.307. The van der Waals surface area contributed by atoms with Gasteiger partial charge >= 0.3 is 0 Å². The number of hydrogen-bond acceptors (Lipinski definition) is 4. The fraction of sp³-hybridized carbons (Fsp3) is 0.517. The molecule has 0 aliphatic carbocycles. The van der Waals surface area contributed by atoms with Crippen molar-refractivity contribution in [2.75, 3.05) is 0 Å². The minimum absolute atomic E-state index is 0.371. The van der Waals surface area contributed by atoms with Gasteiger partial charge in [-0.2, -0.15) is 0 Å². The van der Waals surface area contributed by atoms with Crippen molar-refractivity contribution in [1.82, 2.24) is 10.6 Å². The minimum atomic E-state index is -1.08. The van der Waals surface area contributed by atoms with Crippen LogP contribution in [0.4, 0.5) is 0 Å². The molecule has 2 atom stereocenters. The second-order valence-corrected chi connectivity index (χ2v) is 9.42. The third kappa shape index (κ3) is 8.18. The number of hydrogen-bond donors (Lipinski definition) is 4. The molecule has 4 N–H and O–H groups in total. The van der Waals surface area contributed by atoms with Crippen molar-refractivity contribution in [3.63, 3.8) is 0 Å². The molecule has 0 radical (unpaired) electrons. The highest BCUT2D eigenvalue weighted by Gasteiger charge is 2.37. The van der Waals surface area contributed by atoms with Crippen LogP contribution in [0.15, 0.2) is 60.7 Å². The van der Waals surface area contributed by atoms with Gasteiger partial charge in [-0.3, -0.25) is 9.59 Å². The zero-order valence-electron chi connectivity index (χ0n) is 21.6. The molecule has 6 nitrogen and oxygen atoms in total. The Kier molecular flexibility index (Phi) is 10.9. The Balaban J connectivity index is 2.12. The molecule has 192 valence electrons. The Morgan fingerprint density at radius 2 is 0.971 bits per heavy atom. The molecule has 2 aromatic carbocycles. The lowest BCUT2D eigenvalue weighted by atomic mass is 9.84. The highest BCUT2D eigenvalue weighted by Crippen LogP contribution is 2.24. The van der Waals surface area contributed by atoms with E-state index in [2.05, 4.69) is 10.6 Å². The summed E-state index contributed by atoms with van der Waals surface area (Å²) in [6.07, 6.45) is 2.48. The van der Waals surface area contributed by atoms with Crippen LogP contribution in [0.25, 0.3) is 0 Å². The molecular weight excluding hydrogens is 440 g/mol. The molecule has 0 aromatic heterocycles. The number of carbonyl (C=O) groups is 2. The number of amides is 2. The van der Waals surface area contributed by atoms with E-state index in [0.29, 0.717) is 38.5 Å². The molecule has 0 heterocycles. The first-order valence-corrected chi connectivity index (χ1v) is 12.8. The summed E-state index contributed by atoms with van der Waals surface area (Å²) >= 11 is 0. The van der Waals surface area contributed by atoms with Crippen molar-refractivity contribution in [3.05, 3.63) is 71.8 Å². The molecule has 0 spiro atoms. The van der Waals surface area contributed by atoms with Crippen LogP contribution in [0.2, 0.25) is 0 Å². The lowest BCUT2D eigenvalue weighted by Crippen LogP contribution is -2.56. The molecule has 0 bridgehead atoms. The van der Waals surface area contributed by atoms with Crippen LogP contribution < -0.4 is 10.6 Å². The molecule has 2 aromatic rings. The van der Waals surface area contributed by atoms with Gasteiger partial charge in [-0.15, -0.1) is 0 Å². The van der Waals surface area contributed by atoms with Crippen molar-refractivity contribution in [2.45, 2.75) is 95.9 Å². The van der Waals surface area contributed by atoms with E-state index in [0.717, 1.165) is 11.1 Å². The minimum Gasteiger partial charge on any atom is -0.388 e. The molecule has 2 rings (SSSR count). The molecule has 0 fully saturated rings. The average Bonchev–Trinajstić information content (AvgIpc) is 2.88. The second-order valence-electron chi connectivity index (χ2n) is 9.42. The first-order valence-electron chi connectivity index (χ1n) is 12.8. The molecule has 0 aliphatic rings. The second kappa shape index (κ2) is 13.4. The maximum absolute atomic E-state index is 12.9. The van der Waals surface area contributed by atoms with Gasteiger partial charge in [0.15, 0.2) is 0 Å². The Bertz CT molecular complexity index is 833. The van der Waals surface area contributed by atoms with Crippen molar-refractivity contribution in [2.24, 2.45) is 0 Å². The van der Waals surface area contributed by atoms with Gasteiger partial charge < -0.3 is 20.8 Å². The van der Waals surface area contributed by atoms with Crippen LogP contribution in [-0.4, -0.2) is 45.3 Å². The monoisotopic (exact) mass is 482 g/mol. The third-order valence-corrected chi connectivity index (χ3v) is 7.30. The van der Waals surface area contributed by atoms with Crippen LogP contribution >= 0.6 is 0 Å². The van der Waals surface area contributed by atoms with Crippen molar-refractivity contribution >= 4 is 11.8 Å². The summed E-state index contributed by atoms with van der Waals surface area (Å²) in [5.41, 5.74) is -0.159. The summed E-state index contributed by atoms with van der Waals surface area (Å²) in [7, 11) is 0. The van der Waals surface area contributed by atoms with E-state index in [1.54, 1.807) is 0 Å². The van der Waals surface area contributed by atoms with Crippen LogP contribution in [0.1, 0.15) is 70.9 Å². The van der Waals surface area contributed by atoms with Crippen LogP contribution in [0, 0.1) is 0 Å². The van der Waals surface area contributed by atoms with Gasteiger partial charge in [0.05, 0.1) is 23.3 Å². The Labute approximate surface area is 210 Å². The first kappa shape index (κ1) is 28.5. The first-order chi connectivity index (χ1) is 16.7. The van der Waals surface area contributed by atoms with E-state index in [1.807, 2.05) is 88.4 Å². The average molecular weight is 483 g/mol. The van der Waals surface area contributed by atoms with Crippen LogP contribution in [0.3, 0.4) is 0 Å². The van der Waals surface area contributed by atoms with E-state index >= 15 is 0 Å². The predicted molar refractivity (Wildman–Crippen MR) is 140 cm³/mol. The maximum Gasteiger partial charge on any atom is 0.229 e. The third-order valence-electron chi connectivity index (χ3n) is 7.30. The van der Waals surface area contributed by atoms with E-state index in [-0.39, 0.29) is 6.42 Å². The Hall–Kier alpha value is -2.70. The van der Waals surface area contributed by atoms with Crippen molar-refractivity contribution < 1.29 is 19.8 Å². The highest BCUT2D eigenvalue weighted by atomic mass is 16.3. The van der Waals surface area contributed by atoms with Gasteiger partial charge in [-0.1, -0.05) is 88.4 Å². The fourth-order valence-electron chi connectivity index (χ4n) is 4.57. The van der Waals surface area contributed by atoms with Gasteiger partial charge in [-0.25, -0.2) is 0 Å². The van der Waals surface area contributed by atoms with Gasteiger partial charge in [0, 0.05) is 0 Å². The van der Waals surface area contributed by atoms with E-state index in [9.17, 15) is 19.8 Å². The summed E-state index contributed by atoms with van der Waals surface area (Å²) in [6, 6.07) is 18.3. The van der Waals surface area contributed by atoms with Crippen molar-refractivity contribution in [3.8, 4) is 0 Å². The standard InChI is InChI=1S/C29H42N2O4/c1-5-28(34,6-2)24(19-22-15-11-9-12-16-22)30-26(32)21-27(33)31-25(29(35,7-3)8-4)20-23-17-13-10-14-18-23/h9-18,24-25,34-35H,5-8,19-21H2,1-4H3,(H,30,32)(H,31,33). The van der Waals surface area contributed by atoms with E-state index in [4.69, 9.17) is 0 Å². The highest BCUT2D eigenvalue weighted by molar-refractivity contribution is 5.97. The molecule has 35 heavy (non-hydrogen) atoms. The topological polar surface area (TPSA) is 98.7 Å². The number of benzene rings is 2. The molecule has 6 heteroatoms. The van der Waals surface area contributed by atoms with E-state index in [1.165, 1.54) is 0 Å². The van der Waals surface area contributed by atoms with Crippen molar-refractivity contribution in [1.29, 1.82) is 0 Å². The SMILES string of the molecule is CCC(O)(CC)C(Cc1ccccc1)NC(=O)CC(=O)NC(Cc1ccccc1)C(O)(CC)CC. The molecule has 2 unspecified atom stereocenters. The maximum atomic E-state index is 12.9. The lowest BCUT2D eigenvalue weighted by Gasteiger charge is -2.36. The Morgan fingerprint density at radius 1 is 0.657 bits per heavy atom. The molecule has 0 aliphatic heterocycles. The molecular formula is C29H42N2O4. The summed E-state index contributed by atoms with van der Waals surface area (Å²) in [5, 5.41) is 28.2.